The summed E-state index contributed by atoms with van der Waals surface area (Å²) in [4.78, 5) is 35.4. The highest BCUT2D eigenvalue weighted by atomic mass is 16.6. The molecule has 0 saturated heterocycles. The van der Waals surface area contributed by atoms with Crippen LogP contribution >= 0.6 is 0 Å². The lowest BCUT2D eigenvalue weighted by Gasteiger charge is -2.27. The van der Waals surface area contributed by atoms with Crippen molar-refractivity contribution in [2.75, 3.05) is 0 Å². The van der Waals surface area contributed by atoms with Gasteiger partial charge in [-0.3, -0.25) is 14.4 Å². The van der Waals surface area contributed by atoms with Gasteiger partial charge in [0.2, 0.25) is 0 Å². The topological polar surface area (TPSA) is 95.7 Å². The summed E-state index contributed by atoms with van der Waals surface area (Å²) in [5.74, 6) is -0.700. The van der Waals surface area contributed by atoms with E-state index in [0.29, 0.717) is 19.3 Å². The lowest BCUT2D eigenvalue weighted by Crippen LogP contribution is -2.39. The molecule has 2 N–H and O–H groups in total. The maximum Gasteiger partial charge on any atom is 0.323 e. The SMILES string of the molecule is CC(C)C(=O)CCCC(C)(C)OC(=O)C(N)CCC(=O)OC(C)(C)C. The maximum absolute atomic E-state index is 12.1. The van der Waals surface area contributed by atoms with Crippen LogP contribution in [0.25, 0.3) is 0 Å². The minimum atomic E-state index is -0.871. The van der Waals surface area contributed by atoms with Gasteiger partial charge in [0.05, 0.1) is 0 Å². The second-order valence-electron chi connectivity index (χ2n) is 8.39. The molecule has 0 spiro atoms. The zero-order chi connectivity index (χ0) is 19.8. The Balaban J connectivity index is 4.27. The Morgan fingerprint density at radius 1 is 0.960 bits per heavy atom. The first-order valence-electron chi connectivity index (χ1n) is 8.96. The van der Waals surface area contributed by atoms with Crippen LogP contribution in [0.1, 0.15) is 80.6 Å². The van der Waals surface area contributed by atoms with Crippen LogP contribution in [0.2, 0.25) is 0 Å². The van der Waals surface area contributed by atoms with Crippen LogP contribution < -0.4 is 5.73 Å². The predicted octanol–water partition coefficient (Wildman–Crippen LogP) is 3.15. The molecule has 0 saturated carbocycles. The van der Waals surface area contributed by atoms with Crippen molar-refractivity contribution in [2.45, 2.75) is 97.8 Å². The van der Waals surface area contributed by atoms with Gasteiger partial charge < -0.3 is 15.2 Å². The molecule has 0 aromatic carbocycles. The number of ether oxygens (including phenoxy) is 2. The van der Waals surface area contributed by atoms with Crippen molar-refractivity contribution >= 4 is 17.7 Å². The minimum Gasteiger partial charge on any atom is -0.460 e. The Kier molecular flexibility index (Phi) is 9.33. The van der Waals surface area contributed by atoms with E-state index < -0.39 is 23.2 Å². The van der Waals surface area contributed by atoms with Crippen molar-refractivity contribution in [1.82, 2.24) is 0 Å². The molecule has 25 heavy (non-hydrogen) atoms. The van der Waals surface area contributed by atoms with Crippen molar-refractivity contribution in [2.24, 2.45) is 11.7 Å². The van der Waals surface area contributed by atoms with Gasteiger partial charge in [0.15, 0.2) is 0 Å². The number of carbonyl (C=O) groups is 3. The first-order valence-corrected chi connectivity index (χ1v) is 8.96. The fourth-order valence-electron chi connectivity index (χ4n) is 2.16. The van der Waals surface area contributed by atoms with Crippen molar-refractivity contribution in [3.8, 4) is 0 Å². The summed E-state index contributed by atoms with van der Waals surface area (Å²) in [6.07, 6.45) is 1.95. The second kappa shape index (κ2) is 9.90. The van der Waals surface area contributed by atoms with Crippen LogP contribution in [0.4, 0.5) is 0 Å². The highest BCUT2D eigenvalue weighted by Gasteiger charge is 2.27. The van der Waals surface area contributed by atoms with Crippen LogP contribution in [-0.4, -0.2) is 35.0 Å². The van der Waals surface area contributed by atoms with E-state index in [2.05, 4.69) is 0 Å². The Bertz CT molecular complexity index is 463. The van der Waals surface area contributed by atoms with Gasteiger partial charge in [0.25, 0.3) is 0 Å². The fourth-order valence-corrected chi connectivity index (χ4v) is 2.16. The second-order valence-corrected chi connectivity index (χ2v) is 8.39. The Morgan fingerprint density at radius 3 is 2.00 bits per heavy atom. The summed E-state index contributed by atoms with van der Waals surface area (Å²) >= 11 is 0. The van der Waals surface area contributed by atoms with Crippen molar-refractivity contribution in [3.63, 3.8) is 0 Å². The standard InChI is InChI=1S/C19H35NO5/c1-13(2)15(21)9-8-12-19(6,7)25-17(23)14(20)10-11-16(22)24-18(3,4)5/h13-14H,8-12,20H2,1-7H3. The number of hydrogen-bond acceptors (Lipinski definition) is 6. The molecule has 0 fully saturated rings. The smallest absolute Gasteiger partial charge is 0.323 e. The zero-order valence-electron chi connectivity index (χ0n) is 16.8. The summed E-state index contributed by atoms with van der Waals surface area (Å²) in [7, 11) is 0. The molecular weight excluding hydrogens is 322 g/mol. The molecule has 0 aliphatic rings. The molecule has 0 aliphatic carbocycles. The Hall–Kier alpha value is -1.43. The highest BCUT2D eigenvalue weighted by molar-refractivity contribution is 5.80. The van der Waals surface area contributed by atoms with E-state index in [0.717, 1.165) is 0 Å². The molecular formula is C19H35NO5. The van der Waals surface area contributed by atoms with Gasteiger partial charge in [-0.15, -0.1) is 0 Å². The van der Waals surface area contributed by atoms with Gasteiger partial charge in [-0.1, -0.05) is 13.8 Å². The van der Waals surface area contributed by atoms with Crippen LogP contribution in [0, 0.1) is 5.92 Å². The number of Topliss-reactive ketones (excluding diaryl/α,β-unsaturated/α-hetero) is 1. The highest BCUT2D eigenvalue weighted by Crippen LogP contribution is 2.20. The number of hydrogen-bond donors (Lipinski definition) is 1. The molecule has 6 nitrogen and oxygen atoms in total. The van der Waals surface area contributed by atoms with Crippen LogP contribution in [0.3, 0.4) is 0 Å². The monoisotopic (exact) mass is 357 g/mol. The van der Waals surface area contributed by atoms with Gasteiger partial charge in [0, 0.05) is 18.8 Å². The number of carbonyl (C=O) groups excluding carboxylic acids is 3. The summed E-state index contributed by atoms with van der Waals surface area (Å²) in [6.45, 7) is 12.7. The maximum atomic E-state index is 12.1. The van der Waals surface area contributed by atoms with E-state index in [-0.39, 0.29) is 30.5 Å². The molecule has 0 heterocycles. The molecule has 0 radical (unpaired) electrons. The zero-order valence-corrected chi connectivity index (χ0v) is 16.8. The number of ketones is 1. The third-order valence-electron chi connectivity index (χ3n) is 3.61. The van der Waals surface area contributed by atoms with E-state index in [1.165, 1.54) is 0 Å². The first kappa shape index (κ1) is 23.6. The largest absolute Gasteiger partial charge is 0.460 e. The van der Waals surface area contributed by atoms with E-state index in [9.17, 15) is 14.4 Å². The van der Waals surface area contributed by atoms with Crippen molar-refractivity contribution in [1.29, 1.82) is 0 Å². The Morgan fingerprint density at radius 2 is 1.52 bits per heavy atom. The molecule has 0 aromatic rings. The number of esters is 2. The molecule has 0 rings (SSSR count). The molecule has 0 bridgehead atoms. The third-order valence-corrected chi connectivity index (χ3v) is 3.61. The average Bonchev–Trinajstić information content (AvgIpc) is 2.41. The average molecular weight is 357 g/mol. The van der Waals surface area contributed by atoms with Gasteiger partial charge in [-0.2, -0.15) is 0 Å². The van der Waals surface area contributed by atoms with E-state index in [1.807, 2.05) is 13.8 Å². The van der Waals surface area contributed by atoms with E-state index in [1.54, 1.807) is 34.6 Å². The van der Waals surface area contributed by atoms with Gasteiger partial charge in [0.1, 0.15) is 23.0 Å². The molecule has 0 aliphatic heterocycles. The van der Waals surface area contributed by atoms with Crippen molar-refractivity contribution < 1.29 is 23.9 Å². The fraction of sp³-hybridized carbons (Fsp3) is 0.842. The summed E-state index contributed by atoms with van der Waals surface area (Å²) in [5.41, 5.74) is 4.56. The number of nitrogens with two attached hydrogens (primary N) is 1. The molecule has 6 heteroatoms. The predicted molar refractivity (Wildman–Crippen MR) is 96.9 cm³/mol. The van der Waals surface area contributed by atoms with Crippen LogP contribution in [0.5, 0.6) is 0 Å². The number of rotatable bonds is 10. The van der Waals surface area contributed by atoms with Gasteiger partial charge >= 0.3 is 11.9 Å². The van der Waals surface area contributed by atoms with Crippen molar-refractivity contribution in [3.05, 3.63) is 0 Å². The lowest BCUT2D eigenvalue weighted by atomic mass is 9.97. The molecule has 146 valence electrons. The normalized spacial score (nSPS) is 13.5. The minimum absolute atomic E-state index is 0.0203. The summed E-state index contributed by atoms with van der Waals surface area (Å²) in [5, 5.41) is 0. The summed E-state index contributed by atoms with van der Waals surface area (Å²) in [6, 6.07) is -0.871. The summed E-state index contributed by atoms with van der Waals surface area (Å²) < 4.78 is 10.6. The third kappa shape index (κ3) is 11.7. The first-order chi connectivity index (χ1) is 11.2. The molecule has 0 amide bonds. The molecule has 1 unspecified atom stereocenters. The molecule has 0 aromatic heterocycles. The van der Waals surface area contributed by atoms with E-state index >= 15 is 0 Å². The van der Waals surface area contributed by atoms with E-state index in [4.69, 9.17) is 15.2 Å². The van der Waals surface area contributed by atoms with Crippen LogP contribution in [0.15, 0.2) is 0 Å². The Labute approximate surface area is 151 Å². The van der Waals surface area contributed by atoms with Gasteiger partial charge in [-0.05, 0) is 53.9 Å². The van der Waals surface area contributed by atoms with Gasteiger partial charge in [-0.25, -0.2) is 0 Å². The quantitative estimate of drug-likeness (QED) is 0.603. The lowest BCUT2D eigenvalue weighted by molar-refractivity contribution is -0.159. The molecule has 1 atom stereocenters. The van der Waals surface area contributed by atoms with Crippen LogP contribution in [-0.2, 0) is 23.9 Å².